The first-order valence-corrected chi connectivity index (χ1v) is 7.83. The molecule has 0 heterocycles. The molecule has 0 spiro atoms. The topological polar surface area (TPSA) is 30.5 Å². The zero-order chi connectivity index (χ0) is 15.9. The highest BCUT2D eigenvalue weighted by molar-refractivity contribution is 5.20. The lowest BCUT2D eigenvalue weighted by Gasteiger charge is -2.31. The number of benzene rings is 1. The van der Waals surface area contributed by atoms with Gasteiger partial charge in [-0.15, -0.1) is 0 Å². The van der Waals surface area contributed by atoms with Crippen molar-refractivity contribution in [1.82, 2.24) is 5.32 Å². The number of nitrogens with one attached hydrogen (secondary N) is 1. The molecule has 1 rings (SSSR count). The number of hydrogen-bond donors (Lipinski definition) is 1. The summed E-state index contributed by atoms with van der Waals surface area (Å²) in [5.41, 5.74) is 1.15. The molecular formula is C18H31NO2. The second-order valence-electron chi connectivity index (χ2n) is 6.72. The van der Waals surface area contributed by atoms with Gasteiger partial charge in [0.25, 0.3) is 0 Å². The molecule has 21 heavy (non-hydrogen) atoms. The summed E-state index contributed by atoms with van der Waals surface area (Å²) >= 11 is 0. The Labute approximate surface area is 130 Å². The van der Waals surface area contributed by atoms with E-state index in [0.29, 0.717) is 19.1 Å². The van der Waals surface area contributed by atoms with Crippen molar-refractivity contribution in [2.24, 2.45) is 5.92 Å². The third-order valence-corrected chi connectivity index (χ3v) is 3.38. The van der Waals surface area contributed by atoms with Crippen LogP contribution in [0.3, 0.4) is 0 Å². The van der Waals surface area contributed by atoms with Crippen LogP contribution in [0.25, 0.3) is 0 Å². The molecule has 0 aliphatic rings. The lowest BCUT2D eigenvalue weighted by atomic mass is 9.93. The van der Waals surface area contributed by atoms with E-state index < -0.39 is 0 Å². The van der Waals surface area contributed by atoms with E-state index >= 15 is 0 Å². The van der Waals surface area contributed by atoms with Crippen LogP contribution in [-0.4, -0.2) is 32.0 Å². The maximum atomic E-state index is 6.12. The summed E-state index contributed by atoms with van der Waals surface area (Å²) in [5, 5.41) is 3.39. The fraction of sp³-hybridized carbons (Fsp3) is 0.667. The smallest absolute Gasteiger partial charge is 0.0793 e. The third-order valence-electron chi connectivity index (χ3n) is 3.38. The molecule has 3 heteroatoms. The largest absolute Gasteiger partial charge is 0.374 e. The van der Waals surface area contributed by atoms with Gasteiger partial charge in [0, 0.05) is 0 Å². The summed E-state index contributed by atoms with van der Waals surface area (Å²) in [6.07, 6.45) is 0.126. The van der Waals surface area contributed by atoms with Gasteiger partial charge in [-0.25, -0.2) is 0 Å². The summed E-state index contributed by atoms with van der Waals surface area (Å²) in [7, 11) is 1.99. The quantitative estimate of drug-likeness (QED) is 0.739. The van der Waals surface area contributed by atoms with Crippen LogP contribution in [0.1, 0.15) is 46.2 Å². The van der Waals surface area contributed by atoms with Crippen LogP contribution in [0.15, 0.2) is 30.3 Å². The zero-order valence-electron chi connectivity index (χ0n) is 14.3. The maximum Gasteiger partial charge on any atom is 0.0793 e. The van der Waals surface area contributed by atoms with E-state index in [2.05, 4.69) is 64.2 Å². The van der Waals surface area contributed by atoms with Gasteiger partial charge in [0.1, 0.15) is 0 Å². The highest BCUT2D eigenvalue weighted by Crippen LogP contribution is 2.24. The summed E-state index contributed by atoms with van der Waals surface area (Å²) < 4.78 is 11.9. The van der Waals surface area contributed by atoms with Crippen molar-refractivity contribution in [3.63, 3.8) is 0 Å². The standard InChI is InChI=1S/C18H31NO2/c1-14(2)17(20-12-13-21-18(3,4)5)16(19-6)15-10-8-7-9-11-15/h7-11,14,16-17,19H,12-13H2,1-6H3. The van der Waals surface area contributed by atoms with Gasteiger partial charge in [0.15, 0.2) is 0 Å². The van der Waals surface area contributed by atoms with Crippen molar-refractivity contribution in [3.8, 4) is 0 Å². The molecule has 1 aromatic carbocycles. The summed E-state index contributed by atoms with van der Waals surface area (Å²) in [6.45, 7) is 11.8. The Bertz CT molecular complexity index is 384. The predicted molar refractivity (Wildman–Crippen MR) is 88.5 cm³/mol. The molecule has 0 fully saturated rings. The van der Waals surface area contributed by atoms with Crippen molar-refractivity contribution < 1.29 is 9.47 Å². The molecular weight excluding hydrogens is 262 g/mol. The molecule has 0 aliphatic heterocycles. The SMILES string of the molecule is CNC(c1ccccc1)C(OCCOC(C)(C)C)C(C)C. The van der Waals surface area contributed by atoms with Gasteiger partial charge in [-0.1, -0.05) is 44.2 Å². The van der Waals surface area contributed by atoms with Crippen LogP contribution in [0.2, 0.25) is 0 Å². The molecule has 0 saturated carbocycles. The van der Waals surface area contributed by atoms with E-state index in [1.165, 1.54) is 5.56 Å². The minimum absolute atomic E-state index is 0.113. The summed E-state index contributed by atoms with van der Waals surface area (Å²) in [6, 6.07) is 10.7. The van der Waals surface area contributed by atoms with Gasteiger partial charge in [0.05, 0.1) is 31.0 Å². The molecule has 2 unspecified atom stereocenters. The third kappa shape index (κ3) is 6.60. The molecule has 0 saturated heterocycles. The molecule has 1 N–H and O–H groups in total. The van der Waals surface area contributed by atoms with Crippen LogP contribution >= 0.6 is 0 Å². The van der Waals surface area contributed by atoms with Crippen LogP contribution < -0.4 is 5.32 Å². The van der Waals surface area contributed by atoms with Crippen molar-refractivity contribution in [2.75, 3.05) is 20.3 Å². The highest BCUT2D eigenvalue weighted by Gasteiger charge is 2.25. The second kappa shape index (κ2) is 8.52. The van der Waals surface area contributed by atoms with E-state index in [-0.39, 0.29) is 17.7 Å². The molecule has 3 nitrogen and oxygen atoms in total. The molecule has 0 bridgehead atoms. The van der Waals surface area contributed by atoms with Crippen molar-refractivity contribution in [1.29, 1.82) is 0 Å². The molecule has 0 amide bonds. The molecule has 2 atom stereocenters. The summed E-state index contributed by atoms with van der Waals surface area (Å²) in [4.78, 5) is 0. The monoisotopic (exact) mass is 293 g/mol. The molecule has 1 aromatic rings. The minimum Gasteiger partial charge on any atom is -0.374 e. The average Bonchev–Trinajstić information content (AvgIpc) is 2.42. The number of ether oxygens (including phenoxy) is 2. The Morgan fingerprint density at radius 1 is 1.05 bits per heavy atom. The van der Waals surface area contributed by atoms with Crippen LogP contribution in [-0.2, 0) is 9.47 Å². The van der Waals surface area contributed by atoms with Gasteiger partial charge in [-0.2, -0.15) is 0 Å². The van der Waals surface area contributed by atoms with Gasteiger partial charge in [-0.05, 0) is 39.3 Å². The van der Waals surface area contributed by atoms with E-state index in [1.54, 1.807) is 0 Å². The van der Waals surface area contributed by atoms with E-state index in [9.17, 15) is 0 Å². The highest BCUT2D eigenvalue weighted by atomic mass is 16.5. The predicted octanol–water partition coefficient (Wildman–Crippen LogP) is 3.80. The van der Waals surface area contributed by atoms with Crippen molar-refractivity contribution in [3.05, 3.63) is 35.9 Å². The number of hydrogen-bond acceptors (Lipinski definition) is 3. The number of likely N-dealkylation sites (N-methyl/N-ethyl adjacent to an activating group) is 1. The first-order chi connectivity index (χ1) is 9.85. The van der Waals surface area contributed by atoms with Gasteiger partial charge < -0.3 is 14.8 Å². The van der Waals surface area contributed by atoms with Crippen LogP contribution in [0, 0.1) is 5.92 Å². The van der Waals surface area contributed by atoms with Gasteiger partial charge in [0.2, 0.25) is 0 Å². The van der Waals surface area contributed by atoms with Crippen molar-refractivity contribution >= 4 is 0 Å². The average molecular weight is 293 g/mol. The Balaban J connectivity index is 2.63. The van der Waals surface area contributed by atoms with Crippen molar-refractivity contribution in [2.45, 2.75) is 52.4 Å². The minimum atomic E-state index is -0.113. The van der Waals surface area contributed by atoms with Crippen LogP contribution in [0.4, 0.5) is 0 Å². The van der Waals surface area contributed by atoms with E-state index in [4.69, 9.17) is 9.47 Å². The molecule has 0 aliphatic carbocycles. The fourth-order valence-corrected chi connectivity index (χ4v) is 2.39. The Hall–Kier alpha value is -0.900. The lowest BCUT2D eigenvalue weighted by molar-refractivity contribution is -0.0686. The number of rotatable bonds is 8. The van der Waals surface area contributed by atoms with Gasteiger partial charge in [-0.3, -0.25) is 0 Å². The Morgan fingerprint density at radius 2 is 1.67 bits per heavy atom. The van der Waals surface area contributed by atoms with E-state index in [0.717, 1.165) is 0 Å². The Kier molecular flexibility index (Phi) is 7.36. The molecule has 0 aromatic heterocycles. The lowest BCUT2D eigenvalue weighted by Crippen LogP contribution is -2.36. The first kappa shape index (κ1) is 18.1. The second-order valence-corrected chi connectivity index (χ2v) is 6.72. The van der Waals surface area contributed by atoms with Gasteiger partial charge >= 0.3 is 0 Å². The Morgan fingerprint density at radius 3 is 2.14 bits per heavy atom. The van der Waals surface area contributed by atoms with Crippen LogP contribution in [0.5, 0.6) is 0 Å². The van der Waals surface area contributed by atoms with E-state index in [1.807, 2.05) is 13.1 Å². The summed E-state index contributed by atoms with van der Waals surface area (Å²) in [5.74, 6) is 0.428. The molecule has 0 radical (unpaired) electrons. The molecule has 120 valence electrons. The maximum absolute atomic E-state index is 6.12. The normalized spacial score (nSPS) is 15.2. The first-order valence-electron chi connectivity index (χ1n) is 7.83. The fourth-order valence-electron chi connectivity index (χ4n) is 2.39. The zero-order valence-corrected chi connectivity index (χ0v) is 14.3.